The van der Waals surface area contributed by atoms with Crippen molar-refractivity contribution in [1.82, 2.24) is 10.2 Å². The fourth-order valence-corrected chi connectivity index (χ4v) is 2.55. The highest BCUT2D eigenvalue weighted by Crippen LogP contribution is 2.23. The Morgan fingerprint density at radius 2 is 2.11 bits per heavy atom. The van der Waals surface area contributed by atoms with E-state index in [0.29, 0.717) is 6.04 Å². The summed E-state index contributed by atoms with van der Waals surface area (Å²) in [4.78, 5) is 13.6. The van der Waals surface area contributed by atoms with Crippen molar-refractivity contribution in [3.8, 4) is 0 Å². The van der Waals surface area contributed by atoms with E-state index in [1.165, 1.54) is 18.4 Å². The molecule has 0 aromatic heterocycles. The largest absolute Gasteiger partial charge is 0.369 e. The molecular formula is C14H25N3O. The Morgan fingerprint density at radius 1 is 1.39 bits per heavy atom. The maximum atomic E-state index is 11.3. The van der Waals surface area contributed by atoms with E-state index in [1.807, 2.05) is 0 Å². The molecule has 2 unspecified atom stereocenters. The smallest absolute Gasteiger partial charge is 0.221 e. The molecule has 1 aliphatic heterocycles. The number of likely N-dealkylation sites (tertiary alicyclic amines) is 1. The molecule has 2 atom stereocenters. The normalized spacial score (nSPS) is 29.2. The van der Waals surface area contributed by atoms with Gasteiger partial charge in [-0.25, -0.2) is 0 Å². The number of rotatable bonds is 6. The lowest BCUT2D eigenvalue weighted by atomic mass is 9.92. The van der Waals surface area contributed by atoms with Gasteiger partial charge in [0.2, 0.25) is 5.91 Å². The molecule has 4 nitrogen and oxygen atoms in total. The summed E-state index contributed by atoms with van der Waals surface area (Å²) in [5.74, 6) is -0.140. The van der Waals surface area contributed by atoms with Crippen LogP contribution < -0.4 is 11.1 Å². The van der Waals surface area contributed by atoms with E-state index in [9.17, 15) is 4.79 Å². The van der Waals surface area contributed by atoms with Gasteiger partial charge < -0.3 is 11.1 Å². The van der Waals surface area contributed by atoms with Crippen molar-refractivity contribution >= 4 is 5.91 Å². The van der Waals surface area contributed by atoms with E-state index in [4.69, 9.17) is 5.73 Å². The SMILES string of the molecule is C=C(CNC1CC1)CN1CC(C(N)=O)CCC1C. The standard InChI is InChI=1S/C14H25N3O/c1-10(7-16-13-5-6-13)8-17-9-12(14(15)18)4-3-11(17)2/h11-13,16H,1,3-9H2,2H3,(H2,15,18). The Labute approximate surface area is 110 Å². The maximum absolute atomic E-state index is 11.3. The lowest BCUT2D eigenvalue weighted by molar-refractivity contribution is -0.123. The second-order valence-electron chi connectivity index (χ2n) is 5.86. The van der Waals surface area contributed by atoms with E-state index < -0.39 is 0 Å². The number of piperidine rings is 1. The van der Waals surface area contributed by atoms with Gasteiger partial charge in [0.25, 0.3) is 0 Å². The lowest BCUT2D eigenvalue weighted by Gasteiger charge is -2.37. The minimum atomic E-state index is -0.159. The van der Waals surface area contributed by atoms with Gasteiger partial charge in [-0.15, -0.1) is 0 Å². The maximum Gasteiger partial charge on any atom is 0.221 e. The molecule has 1 amide bonds. The van der Waals surface area contributed by atoms with Crippen LogP contribution in [0, 0.1) is 5.92 Å². The van der Waals surface area contributed by atoms with Crippen LogP contribution in [0.5, 0.6) is 0 Å². The van der Waals surface area contributed by atoms with E-state index in [0.717, 1.165) is 38.5 Å². The summed E-state index contributed by atoms with van der Waals surface area (Å²) in [5, 5.41) is 3.48. The van der Waals surface area contributed by atoms with Crippen molar-refractivity contribution in [2.45, 2.75) is 44.7 Å². The van der Waals surface area contributed by atoms with Gasteiger partial charge in [0.1, 0.15) is 0 Å². The second kappa shape index (κ2) is 5.85. The molecule has 2 rings (SSSR count). The van der Waals surface area contributed by atoms with E-state index in [-0.39, 0.29) is 11.8 Å². The third-order valence-corrected chi connectivity index (χ3v) is 4.06. The molecule has 102 valence electrons. The molecule has 2 fully saturated rings. The number of nitrogens with zero attached hydrogens (tertiary/aromatic N) is 1. The summed E-state index contributed by atoms with van der Waals surface area (Å²) < 4.78 is 0. The van der Waals surface area contributed by atoms with Gasteiger partial charge in [0, 0.05) is 31.7 Å². The number of hydrogen-bond donors (Lipinski definition) is 2. The van der Waals surface area contributed by atoms with E-state index >= 15 is 0 Å². The van der Waals surface area contributed by atoms with Crippen molar-refractivity contribution in [1.29, 1.82) is 0 Å². The molecule has 0 aromatic carbocycles. The molecule has 1 aliphatic carbocycles. The molecule has 3 N–H and O–H groups in total. The summed E-state index contributed by atoms with van der Waals surface area (Å²) in [5.41, 5.74) is 6.62. The quantitative estimate of drug-likeness (QED) is 0.689. The Hall–Kier alpha value is -0.870. The van der Waals surface area contributed by atoms with Gasteiger partial charge in [0.05, 0.1) is 5.92 Å². The van der Waals surface area contributed by atoms with Crippen molar-refractivity contribution in [3.63, 3.8) is 0 Å². The summed E-state index contributed by atoms with van der Waals surface area (Å²) in [6, 6.07) is 1.25. The minimum absolute atomic E-state index is 0.0189. The predicted octanol–water partition coefficient (Wildman–Crippen LogP) is 0.880. The zero-order chi connectivity index (χ0) is 13.1. The second-order valence-corrected chi connectivity index (χ2v) is 5.86. The van der Waals surface area contributed by atoms with Crippen molar-refractivity contribution in [2.75, 3.05) is 19.6 Å². The van der Waals surface area contributed by atoms with Crippen LogP contribution in [0.4, 0.5) is 0 Å². The third kappa shape index (κ3) is 3.82. The summed E-state index contributed by atoms with van der Waals surface area (Å²) >= 11 is 0. The summed E-state index contributed by atoms with van der Waals surface area (Å²) in [7, 11) is 0. The molecule has 1 saturated carbocycles. The number of nitrogens with one attached hydrogen (secondary N) is 1. The number of hydrogen-bond acceptors (Lipinski definition) is 3. The molecule has 0 aromatic rings. The van der Waals surface area contributed by atoms with Crippen LogP contribution in [0.15, 0.2) is 12.2 Å². The molecule has 1 saturated heterocycles. The zero-order valence-corrected chi connectivity index (χ0v) is 11.3. The number of carbonyl (C=O) groups is 1. The first kappa shape index (κ1) is 13.6. The van der Waals surface area contributed by atoms with Crippen LogP contribution in [0.25, 0.3) is 0 Å². The summed E-state index contributed by atoms with van der Waals surface area (Å²) in [6.07, 6.45) is 4.59. The number of carbonyl (C=O) groups excluding carboxylic acids is 1. The number of amides is 1. The Balaban J connectivity index is 1.77. The topological polar surface area (TPSA) is 58.4 Å². The highest BCUT2D eigenvalue weighted by molar-refractivity contribution is 5.77. The van der Waals surface area contributed by atoms with Gasteiger partial charge in [-0.3, -0.25) is 9.69 Å². The number of primary amides is 1. The highest BCUT2D eigenvalue weighted by atomic mass is 16.1. The first-order chi connectivity index (χ1) is 8.56. The van der Waals surface area contributed by atoms with Gasteiger partial charge in [-0.1, -0.05) is 6.58 Å². The van der Waals surface area contributed by atoms with Crippen LogP contribution in [0.2, 0.25) is 0 Å². The lowest BCUT2D eigenvalue weighted by Crippen LogP contribution is -2.46. The molecule has 1 heterocycles. The molecule has 4 heteroatoms. The van der Waals surface area contributed by atoms with Crippen LogP contribution in [0.3, 0.4) is 0 Å². The zero-order valence-electron chi connectivity index (χ0n) is 11.3. The first-order valence-electron chi connectivity index (χ1n) is 6.99. The Bertz CT molecular complexity index is 325. The Kier molecular flexibility index (Phi) is 4.40. The minimum Gasteiger partial charge on any atom is -0.369 e. The van der Waals surface area contributed by atoms with Gasteiger partial charge in [-0.05, 0) is 38.2 Å². The van der Waals surface area contributed by atoms with E-state index in [2.05, 4.69) is 23.7 Å². The molecule has 2 aliphatic rings. The third-order valence-electron chi connectivity index (χ3n) is 4.06. The Morgan fingerprint density at radius 3 is 2.72 bits per heavy atom. The average molecular weight is 251 g/mol. The van der Waals surface area contributed by atoms with Gasteiger partial charge >= 0.3 is 0 Å². The number of nitrogens with two attached hydrogens (primary N) is 1. The van der Waals surface area contributed by atoms with Gasteiger partial charge in [-0.2, -0.15) is 0 Å². The van der Waals surface area contributed by atoms with Gasteiger partial charge in [0.15, 0.2) is 0 Å². The molecule has 0 radical (unpaired) electrons. The van der Waals surface area contributed by atoms with Crippen LogP contribution in [0.1, 0.15) is 32.6 Å². The van der Waals surface area contributed by atoms with Crippen LogP contribution in [-0.2, 0) is 4.79 Å². The molecule has 0 spiro atoms. The van der Waals surface area contributed by atoms with Crippen molar-refractivity contribution in [3.05, 3.63) is 12.2 Å². The highest BCUT2D eigenvalue weighted by Gasteiger charge is 2.28. The average Bonchev–Trinajstić information content (AvgIpc) is 3.13. The fourth-order valence-electron chi connectivity index (χ4n) is 2.55. The molecular weight excluding hydrogens is 226 g/mol. The van der Waals surface area contributed by atoms with Crippen LogP contribution in [-0.4, -0.2) is 42.5 Å². The fraction of sp³-hybridized carbons (Fsp3) is 0.786. The van der Waals surface area contributed by atoms with Crippen LogP contribution >= 0.6 is 0 Å². The molecule has 0 bridgehead atoms. The monoisotopic (exact) mass is 251 g/mol. The molecule has 18 heavy (non-hydrogen) atoms. The first-order valence-corrected chi connectivity index (χ1v) is 6.99. The predicted molar refractivity (Wildman–Crippen MR) is 73.1 cm³/mol. The summed E-state index contributed by atoms with van der Waals surface area (Å²) in [6.45, 7) is 8.92. The van der Waals surface area contributed by atoms with Crippen molar-refractivity contribution in [2.24, 2.45) is 11.7 Å². The van der Waals surface area contributed by atoms with Crippen molar-refractivity contribution < 1.29 is 4.79 Å². The van der Waals surface area contributed by atoms with E-state index in [1.54, 1.807) is 0 Å².